The van der Waals surface area contributed by atoms with Crippen LogP contribution in [0.2, 0.25) is 0 Å². The molecule has 0 N–H and O–H groups in total. The average Bonchev–Trinajstić information content (AvgIpc) is 2.06. The number of hydrogen-bond acceptors (Lipinski definition) is 2. The zero-order valence-corrected chi connectivity index (χ0v) is 7.90. The number of hydrogen-bond donors (Lipinski definition) is 0. The van der Waals surface area contributed by atoms with Crippen LogP contribution in [0, 0.1) is 0 Å². The number of alkyl halides is 1. The molecule has 3 nitrogen and oxygen atoms in total. The van der Waals surface area contributed by atoms with Gasteiger partial charge in [-0.25, -0.2) is 4.57 Å². The van der Waals surface area contributed by atoms with Gasteiger partial charge >= 0.3 is 0 Å². The van der Waals surface area contributed by atoms with E-state index in [2.05, 4.69) is 15.9 Å². The Balaban J connectivity index is 2.58. The van der Waals surface area contributed by atoms with Crippen LogP contribution in [0.1, 0.15) is 0 Å². The fraction of sp³-hybridized carbons (Fsp3) is 0.250. The minimum absolute atomic E-state index is 0.378. The number of carboxylic acid groups (broad SMARTS) is 1. The fourth-order valence-electron chi connectivity index (χ4n) is 0.816. The van der Waals surface area contributed by atoms with E-state index in [9.17, 15) is 9.90 Å². The topological polar surface area (TPSA) is 44.0 Å². The minimum atomic E-state index is -1.09. The first-order valence-electron chi connectivity index (χ1n) is 3.49. The van der Waals surface area contributed by atoms with E-state index in [0.29, 0.717) is 6.54 Å². The van der Waals surface area contributed by atoms with Gasteiger partial charge in [0.25, 0.3) is 0 Å². The van der Waals surface area contributed by atoms with Crippen molar-refractivity contribution >= 4 is 21.9 Å². The van der Waals surface area contributed by atoms with Gasteiger partial charge in [-0.3, -0.25) is 0 Å². The SMILES string of the molecule is O=C([O-])C(Br)C[n+]1ccccc1. The van der Waals surface area contributed by atoms with Crippen molar-refractivity contribution in [3.63, 3.8) is 0 Å². The van der Waals surface area contributed by atoms with Crippen LogP contribution in [0.25, 0.3) is 0 Å². The Morgan fingerprint density at radius 2 is 2.00 bits per heavy atom. The maximum atomic E-state index is 10.3. The van der Waals surface area contributed by atoms with Crippen molar-refractivity contribution in [2.24, 2.45) is 0 Å². The van der Waals surface area contributed by atoms with Crippen LogP contribution in [-0.4, -0.2) is 10.8 Å². The van der Waals surface area contributed by atoms with E-state index in [0.717, 1.165) is 0 Å². The summed E-state index contributed by atoms with van der Waals surface area (Å²) in [5, 5.41) is 10.3. The Hall–Kier alpha value is -0.900. The lowest BCUT2D eigenvalue weighted by molar-refractivity contribution is -0.695. The van der Waals surface area contributed by atoms with Gasteiger partial charge in [0.2, 0.25) is 0 Å². The van der Waals surface area contributed by atoms with E-state index < -0.39 is 10.8 Å². The highest BCUT2D eigenvalue weighted by atomic mass is 79.9. The molecule has 1 unspecified atom stereocenters. The molecule has 0 amide bonds. The van der Waals surface area contributed by atoms with Gasteiger partial charge in [0.15, 0.2) is 18.9 Å². The molecule has 1 aromatic rings. The Morgan fingerprint density at radius 1 is 1.42 bits per heavy atom. The summed E-state index contributed by atoms with van der Waals surface area (Å²) in [5.41, 5.74) is 0. The van der Waals surface area contributed by atoms with E-state index in [1.165, 1.54) is 0 Å². The summed E-state index contributed by atoms with van der Waals surface area (Å²) in [5.74, 6) is -1.09. The number of rotatable bonds is 3. The number of pyridine rings is 1. The zero-order valence-electron chi connectivity index (χ0n) is 6.31. The molecule has 0 aliphatic rings. The molecule has 1 heterocycles. The summed E-state index contributed by atoms with van der Waals surface area (Å²) in [7, 11) is 0. The van der Waals surface area contributed by atoms with Gasteiger partial charge in [-0.2, -0.15) is 0 Å². The number of halogens is 1. The first-order valence-corrected chi connectivity index (χ1v) is 4.41. The number of aromatic nitrogens is 1. The molecular formula is C8H8BrNO2. The molecule has 4 heteroatoms. The van der Waals surface area contributed by atoms with Crippen molar-refractivity contribution in [2.45, 2.75) is 11.4 Å². The second-order valence-electron chi connectivity index (χ2n) is 2.36. The number of carboxylic acids is 1. The Kier molecular flexibility index (Phi) is 3.22. The van der Waals surface area contributed by atoms with Gasteiger partial charge in [0, 0.05) is 12.1 Å². The first kappa shape index (κ1) is 9.19. The van der Waals surface area contributed by atoms with E-state index in [4.69, 9.17) is 0 Å². The molecule has 12 heavy (non-hydrogen) atoms. The van der Waals surface area contributed by atoms with Gasteiger partial charge < -0.3 is 9.90 Å². The fourth-order valence-corrected chi connectivity index (χ4v) is 1.15. The smallest absolute Gasteiger partial charge is 0.168 e. The zero-order chi connectivity index (χ0) is 8.97. The molecule has 1 aromatic heterocycles. The predicted octanol–water partition coefficient (Wildman–Crippen LogP) is -0.513. The van der Waals surface area contributed by atoms with Crippen molar-refractivity contribution in [1.29, 1.82) is 0 Å². The summed E-state index contributed by atoms with van der Waals surface area (Å²) in [4.78, 5) is 9.70. The van der Waals surface area contributed by atoms with Crippen LogP contribution in [0.5, 0.6) is 0 Å². The second kappa shape index (κ2) is 4.21. The van der Waals surface area contributed by atoms with Crippen LogP contribution in [0.15, 0.2) is 30.6 Å². The molecule has 0 aliphatic heterocycles. The lowest BCUT2D eigenvalue weighted by Crippen LogP contribution is -2.44. The molecule has 0 aromatic carbocycles. The molecule has 64 valence electrons. The molecular weight excluding hydrogens is 222 g/mol. The highest BCUT2D eigenvalue weighted by molar-refractivity contribution is 9.10. The maximum Gasteiger partial charge on any atom is 0.168 e. The predicted molar refractivity (Wildman–Crippen MR) is 44.4 cm³/mol. The number of carbonyl (C=O) groups excluding carboxylic acids is 1. The molecule has 0 spiro atoms. The molecule has 1 rings (SSSR count). The quantitative estimate of drug-likeness (QED) is 0.518. The molecule has 0 bridgehead atoms. The summed E-state index contributed by atoms with van der Waals surface area (Å²) in [6.45, 7) is 0.378. The molecule has 0 aliphatic carbocycles. The van der Waals surface area contributed by atoms with Gasteiger partial charge in [-0.05, 0) is 0 Å². The largest absolute Gasteiger partial charge is 0.549 e. The molecule has 0 fully saturated rings. The van der Waals surface area contributed by atoms with E-state index >= 15 is 0 Å². The number of aliphatic carboxylic acids is 1. The Bertz CT molecular complexity index is 263. The standard InChI is InChI=1S/C8H8BrNO2/c9-7(8(11)12)6-10-4-2-1-3-5-10/h1-5,7H,6H2. The lowest BCUT2D eigenvalue weighted by Gasteiger charge is -2.05. The normalized spacial score (nSPS) is 12.4. The van der Waals surface area contributed by atoms with Crippen LogP contribution in [0.3, 0.4) is 0 Å². The summed E-state index contributed by atoms with van der Waals surface area (Å²) in [6.07, 6.45) is 3.61. The third-order valence-corrected chi connectivity index (χ3v) is 2.07. The van der Waals surface area contributed by atoms with Gasteiger partial charge in [0.1, 0.15) is 4.83 Å². The van der Waals surface area contributed by atoms with Crippen LogP contribution >= 0.6 is 15.9 Å². The number of nitrogens with zero attached hydrogens (tertiary/aromatic N) is 1. The lowest BCUT2D eigenvalue weighted by atomic mass is 10.4. The van der Waals surface area contributed by atoms with Crippen LogP contribution < -0.4 is 9.67 Å². The van der Waals surface area contributed by atoms with Crippen molar-refractivity contribution < 1.29 is 14.5 Å². The van der Waals surface area contributed by atoms with E-state index in [-0.39, 0.29) is 0 Å². The third kappa shape index (κ3) is 2.62. The Morgan fingerprint density at radius 3 is 2.50 bits per heavy atom. The first-order chi connectivity index (χ1) is 5.70. The van der Waals surface area contributed by atoms with Crippen LogP contribution in [-0.2, 0) is 11.3 Å². The average molecular weight is 230 g/mol. The van der Waals surface area contributed by atoms with Crippen molar-refractivity contribution in [3.8, 4) is 0 Å². The molecule has 0 radical (unpaired) electrons. The molecule has 0 saturated carbocycles. The van der Waals surface area contributed by atoms with Gasteiger partial charge in [0.05, 0.1) is 5.97 Å². The highest BCUT2D eigenvalue weighted by Gasteiger charge is 2.10. The van der Waals surface area contributed by atoms with Crippen molar-refractivity contribution in [1.82, 2.24) is 0 Å². The highest BCUT2D eigenvalue weighted by Crippen LogP contribution is 1.96. The third-order valence-electron chi connectivity index (χ3n) is 1.40. The number of carbonyl (C=O) groups is 1. The summed E-state index contributed by atoms with van der Waals surface area (Å²) >= 11 is 3.00. The van der Waals surface area contributed by atoms with Crippen molar-refractivity contribution in [2.75, 3.05) is 0 Å². The molecule has 1 atom stereocenters. The van der Waals surface area contributed by atoms with Gasteiger partial charge in [-0.15, -0.1) is 0 Å². The van der Waals surface area contributed by atoms with Crippen LogP contribution in [0.4, 0.5) is 0 Å². The maximum absolute atomic E-state index is 10.3. The second-order valence-corrected chi connectivity index (χ2v) is 3.46. The van der Waals surface area contributed by atoms with E-state index in [1.54, 1.807) is 17.0 Å². The minimum Gasteiger partial charge on any atom is -0.549 e. The Labute approximate surface area is 78.8 Å². The van der Waals surface area contributed by atoms with Crippen molar-refractivity contribution in [3.05, 3.63) is 30.6 Å². The van der Waals surface area contributed by atoms with Gasteiger partial charge in [-0.1, -0.05) is 22.0 Å². The monoisotopic (exact) mass is 229 g/mol. The summed E-state index contributed by atoms with van der Waals surface area (Å²) in [6, 6.07) is 5.56. The van der Waals surface area contributed by atoms with E-state index in [1.807, 2.05) is 18.2 Å². The molecule has 0 saturated heterocycles. The summed E-state index contributed by atoms with van der Waals surface area (Å²) < 4.78 is 1.77.